The first-order valence-corrected chi connectivity index (χ1v) is 40.6. The van der Waals surface area contributed by atoms with E-state index < -0.39 is 20.0 Å². The van der Waals surface area contributed by atoms with Crippen LogP contribution in [0.5, 0.6) is 0 Å². The van der Waals surface area contributed by atoms with Gasteiger partial charge in [-0.2, -0.15) is 0 Å². The van der Waals surface area contributed by atoms with Gasteiger partial charge in [0.1, 0.15) is 13.2 Å². The molecule has 0 saturated carbocycles. The predicted octanol–water partition coefficient (Wildman–Crippen LogP) is 25.2. The highest BCUT2D eigenvalue weighted by atomic mass is 31.2. The Hall–Kier alpha value is -0.760. The zero-order chi connectivity index (χ0) is 62.6. The first-order valence-electron chi connectivity index (χ1n) is 39.1. The number of carbonyl (C=O) groups excluding carboxylic acids is 1. The average Bonchev–Trinajstić information content (AvgIpc) is 3.70. The summed E-state index contributed by atoms with van der Waals surface area (Å²) in [6, 6.07) is -0.844. The topological polar surface area (TPSA) is 105 Å². The average molecular weight is 1240 g/mol. The minimum Gasteiger partial charge on any atom is -0.387 e. The van der Waals surface area contributed by atoms with Crippen LogP contribution in [0.3, 0.4) is 0 Å². The quantitative estimate of drug-likeness (QED) is 0.0243. The maximum atomic E-state index is 13.1. The molecule has 0 saturated heterocycles. The van der Waals surface area contributed by atoms with Crippen molar-refractivity contribution >= 4 is 13.7 Å². The highest BCUT2D eigenvalue weighted by Gasteiger charge is 2.28. The van der Waals surface area contributed by atoms with Crippen molar-refractivity contribution in [2.45, 2.75) is 437 Å². The number of allylic oxidation sites excluding steroid dienone is 1. The van der Waals surface area contributed by atoms with Gasteiger partial charge in [-0.1, -0.05) is 411 Å². The van der Waals surface area contributed by atoms with E-state index >= 15 is 0 Å². The maximum Gasteiger partial charge on any atom is 0.472 e. The third-order valence-corrected chi connectivity index (χ3v) is 19.5. The van der Waals surface area contributed by atoms with E-state index in [1.54, 1.807) is 6.08 Å². The summed E-state index contributed by atoms with van der Waals surface area (Å²) in [6.07, 6.45) is 89.7. The number of rotatable bonds is 74. The normalized spacial score (nSPS) is 13.5. The van der Waals surface area contributed by atoms with E-state index in [9.17, 15) is 19.4 Å². The summed E-state index contributed by atoms with van der Waals surface area (Å²) in [5.74, 6) is -0.165. The van der Waals surface area contributed by atoms with E-state index in [-0.39, 0.29) is 19.1 Å². The second-order valence-electron chi connectivity index (χ2n) is 28.5. The molecule has 8 nitrogen and oxygen atoms in total. The Balaban J connectivity index is 3.94. The number of amides is 1. The molecule has 0 aliphatic rings. The van der Waals surface area contributed by atoms with E-state index in [1.807, 2.05) is 27.2 Å². The molecule has 3 unspecified atom stereocenters. The minimum atomic E-state index is -4.35. The highest BCUT2D eigenvalue weighted by Crippen LogP contribution is 2.43. The van der Waals surface area contributed by atoms with Gasteiger partial charge in [-0.05, 0) is 19.3 Å². The van der Waals surface area contributed by atoms with Crippen molar-refractivity contribution in [1.82, 2.24) is 5.32 Å². The molecule has 0 rings (SSSR count). The zero-order valence-electron chi connectivity index (χ0n) is 59.1. The van der Waals surface area contributed by atoms with Crippen LogP contribution in [0.4, 0.5) is 0 Å². The fourth-order valence-corrected chi connectivity index (χ4v) is 13.2. The van der Waals surface area contributed by atoms with E-state index in [1.165, 1.54) is 372 Å². The molecule has 0 fully saturated rings. The molecule has 0 spiro atoms. The molecule has 0 heterocycles. The number of hydrogen-bond acceptors (Lipinski definition) is 5. The van der Waals surface area contributed by atoms with Crippen molar-refractivity contribution in [3.05, 3.63) is 12.2 Å². The Kier molecular flexibility index (Phi) is 68.0. The Morgan fingerprint density at radius 3 is 0.860 bits per heavy atom. The summed E-state index contributed by atoms with van der Waals surface area (Å²) in [6.45, 7) is 4.90. The molecular weight excluding hydrogens is 1080 g/mol. The van der Waals surface area contributed by atoms with Crippen LogP contribution in [0, 0.1) is 0 Å². The molecule has 0 aliphatic carbocycles. The van der Waals surface area contributed by atoms with Gasteiger partial charge in [-0.3, -0.25) is 13.8 Å². The molecule has 0 aromatic heterocycles. The molecule has 514 valence electrons. The van der Waals surface area contributed by atoms with Crippen LogP contribution in [-0.4, -0.2) is 73.4 Å². The molecule has 86 heavy (non-hydrogen) atoms. The smallest absolute Gasteiger partial charge is 0.387 e. The van der Waals surface area contributed by atoms with Crippen molar-refractivity contribution in [2.75, 3.05) is 40.9 Å². The van der Waals surface area contributed by atoms with Crippen LogP contribution in [0.1, 0.15) is 425 Å². The van der Waals surface area contributed by atoms with Gasteiger partial charge >= 0.3 is 7.82 Å². The lowest BCUT2D eigenvalue weighted by atomic mass is 10.0. The van der Waals surface area contributed by atoms with Gasteiger partial charge in [-0.25, -0.2) is 4.57 Å². The molecule has 0 aromatic carbocycles. The van der Waals surface area contributed by atoms with E-state index in [0.29, 0.717) is 17.4 Å². The van der Waals surface area contributed by atoms with Crippen molar-refractivity contribution in [3.63, 3.8) is 0 Å². The SMILES string of the molecule is CCCCCCCCCCCCCCCCCCCCCCCCCCCCC/C=C/C(O)C(COP(=O)(O)OCC[N+](C)(C)C)NC(=O)CCCCCCCCCCCCCCCCCCCCCCCCCCCCCCCCCCCCC. The minimum absolute atomic E-state index is 0.0656. The summed E-state index contributed by atoms with van der Waals surface area (Å²) in [5.41, 5.74) is 0. The standard InChI is InChI=1S/C77H155N2O6P/c1-6-8-10-12-14-16-18-20-22-24-26-28-30-32-34-36-37-38-39-40-41-43-45-47-49-51-53-55-57-59-61-63-65-67-69-71-77(81)78-75(74-85-86(82,83)84-73-72-79(3,4)5)76(80)70-68-66-64-62-60-58-56-54-52-50-48-46-44-42-35-33-31-29-27-25-23-21-19-17-15-13-11-9-7-2/h68,70,75-76,80H,6-67,69,71-74H2,1-5H3,(H-,78,81,82,83)/p+1/b70-68+. The molecular formula is C77H156N2O6P+. The first kappa shape index (κ1) is 85.2. The zero-order valence-corrected chi connectivity index (χ0v) is 60.0. The van der Waals surface area contributed by atoms with E-state index in [2.05, 4.69) is 19.2 Å². The van der Waals surface area contributed by atoms with Gasteiger partial charge in [0, 0.05) is 6.42 Å². The monoisotopic (exact) mass is 1240 g/mol. The number of aliphatic hydroxyl groups excluding tert-OH is 1. The van der Waals surface area contributed by atoms with Crippen LogP contribution < -0.4 is 5.32 Å². The number of aliphatic hydroxyl groups is 1. The number of nitrogens with one attached hydrogen (secondary N) is 1. The lowest BCUT2D eigenvalue weighted by molar-refractivity contribution is -0.870. The molecule has 9 heteroatoms. The Labute approximate surface area is 539 Å². The van der Waals surface area contributed by atoms with Gasteiger partial charge in [0.15, 0.2) is 0 Å². The second kappa shape index (κ2) is 68.6. The van der Waals surface area contributed by atoms with Gasteiger partial charge < -0.3 is 19.8 Å². The lowest BCUT2D eigenvalue weighted by Crippen LogP contribution is -2.45. The Morgan fingerprint density at radius 1 is 0.384 bits per heavy atom. The van der Waals surface area contributed by atoms with Crippen LogP contribution in [0.25, 0.3) is 0 Å². The number of unbranched alkanes of at least 4 members (excludes halogenated alkanes) is 61. The Bertz CT molecular complexity index is 1410. The van der Waals surface area contributed by atoms with Crippen molar-refractivity contribution in [3.8, 4) is 0 Å². The molecule has 0 aromatic rings. The van der Waals surface area contributed by atoms with Gasteiger partial charge in [-0.15, -0.1) is 0 Å². The third kappa shape index (κ3) is 70.7. The third-order valence-electron chi connectivity index (χ3n) is 18.5. The summed E-state index contributed by atoms with van der Waals surface area (Å²) < 4.78 is 23.9. The molecule has 0 bridgehead atoms. The van der Waals surface area contributed by atoms with Crippen molar-refractivity contribution < 1.29 is 32.9 Å². The molecule has 0 aliphatic heterocycles. The predicted molar refractivity (Wildman–Crippen MR) is 379 cm³/mol. The Morgan fingerprint density at radius 2 is 0.616 bits per heavy atom. The van der Waals surface area contributed by atoms with E-state index in [4.69, 9.17) is 9.05 Å². The van der Waals surface area contributed by atoms with Gasteiger partial charge in [0.25, 0.3) is 0 Å². The van der Waals surface area contributed by atoms with Crippen LogP contribution in [-0.2, 0) is 18.4 Å². The summed E-state index contributed by atoms with van der Waals surface area (Å²) >= 11 is 0. The molecule has 3 atom stereocenters. The molecule has 1 amide bonds. The van der Waals surface area contributed by atoms with Gasteiger partial charge in [0.2, 0.25) is 5.91 Å². The van der Waals surface area contributed by atoms with Crippen LogP contribution >= 0.6 is 7.82 Å². The number of hydrogen-bond donors (Lipinski definition) is 3. The molecule has 0 radical (unpaired) electrons. The van der Waals surface area contributed by atoms with Crippen LogP contribution in [0.15, 0.2) is 12.2 Å². The summed E-state index contributed by atoms with van der Waals surface area (Å²) in [4.78, 5) is 23.5. The largest absolute Gasteiger partial charge is 0.472 e. The number of phosphoric ester groups is 1. The lowest BCUT2D eigenvalue weighted by Gasteiger charge is -2.25. The van der Waals surface area contributed by atoms with Crippen molar-refractivity contribution in [1.29, 1.82) is 0 Å². The second-order valence-corrected chi connectivity index (χ2v) is 29.9. The van der Waals surface area contributed by atoms with Crippen molar-refractivity contribution in [2.24, 2.45) is 0 Å². The van der Waals surface area contributed by atoms with Gasteiger partial charge in [0.05, 0.1) is 39.9 Å². The summed E-state index contributed by atoms with van der Waals surface area (Å²) in [5, 5.41) is 14.1. The maximum absolute atomic E-state index is 13.1. The van der Waals surface area contributed by atoms with E-state index in [0.717, 1.165) is 32.1 Å². The van der Waals surface area contributed by atoms with Crippen LogP contribution in [0.2, 0.25) is 0 Å². The summed E-state index contributed by atoms with van der Waals surface area (Å²) in [7, 11) is 1.60. The number of phosphoric acid groups is 1. The number of nitrogens with zero attached hydrogens (tertiary/aromatic N) is 1. The number of likely N-dealkylation sites (N-methyl/N-ethyl adjacent to an activating group) is 1. The first-order chi connectivity index (χ1) is 42.0. The fraction of sp³-hybridized carbons (Fsp3) is 0.961. The molecule has 3 N–H and O–H groups in total. The number of carbonyl (C=O) groups is 1. The number of quaternary nitrogens is 1. The highest BCUT2D eigenvalue weighted by molar-refractivity contribution is 7.47. The fourth-order valence-electron chi connectivity index (χ4n) is 12.5.